The zero-order valence-electron chi connectivity index (χ0n) is 17.9. The van der Waals surface area contributed by atoms with Crippen molar-refractivity contribution in [1.82, 2.24) is 15.3 Å². The number of halogens is 1. The van der Waals surface area contributed by atoms with Gasteiger partial charge in [-0.2, -0.15) is 0 Å². The van der Waals surface area contributed by atoms with E-state index in [-0.39, 0.29) is 17.6 Å². The van der Waals surface area contributed by atoms with Crippen LogP contribution in [-0.4, -0.2) is 42.6 Å². The molecule has 1 N–H and O–H groups in total. The number of fused-ring (bicyclic) bond motifs is 1. The third-order valence-electron chi connectivity index (χ3n) is 5.76. The van der Waals surface area contributed by atoms with Gasteiger partial charge in [0.25, 0.3) is 0 Å². The first-order valence-electron chi connectivity index (χ1n) is 10.6. The summed E-state index contributed by atoms with van der Waals surface area (Å²) in [5.41, 5.74) is 2.62. The van der Waals surface area contributed by atoms with Gasteiger partial charge < -0.3 is 15.0 Å². The number of nitrogens with one attached hydrogen (secondary N) is 1. The highest BCUT2D eigenvalue weighted by molar-refractivity contribution is 5.83. The molecule has 2 heterocycles. The van der Waals surface area contributed by atoms with Gasteiger partial charge in [0.1, 0.15) is 11.6 Å². The Hall–Kier alpha value is -3.22. The van der Waals surface area contributed by atoms with Gasteiger partial charge in [-0.3, -0.25) is 4.79 Å². The summed E-state index contributed by atoms with van der Waals surface area (Å²) in [6, 6.07) is 12.3. The number of rotatable bonds is 6. The van der Waals surface area contributed by atoms with Gasteiger partial charge in [-0.15, -0.1) is 0 Å². The average Bonchev–Trinajstić information content (AvgIpc) is 2.78. The van der Waals surface area contributed by atoms with Crippen molar-refractivity contribution in [2.24, 2.45) is 5.92 Å². The Balaban J connectivity index is 1.41. The van der Waals surface area contributed by atoms with Crippen molar-refractivity contribution in [2.45, 2.75) is 26.2 Å². The van der Waals surface area contributed by atoms with E-state index < -0.39 is 0 Å². The van der Waals surface area contributed by atoms with E-state index in [9.17, 15) is 9.18 Å². The lowest BCUT2D eigenvalue weighted by molar-refractivity contribution is -0.125. The van der Waals surface area contributed by atoms with Crippen molar-refractivity contribution in [3.8, 4) is 5.75 Å². The first kappa shape index (κ1) is 21.0. The molecule has 1 aromatic heterocycles. The number of benzene rings is 2. The maximum absolute atomic E-state index is 13.3. The second-order valence-corrected chi connectivity index (χ2v) is 7.95. The van der Waals surface area contributed by atoms with Crippen LogP contribution in [0, 0.1) is 18.7 Å². The second kappa shape index (κ2) is 9.29. The van der Waals surface area contributed by atoms with Crippen LogP contribution in [-0.2, 0) is 11.2 Å². The largest absolute Gasteiger partial charge is 0.497 e. The normalized spacial score (nSPS) is 16.4. The van der Waals surface area contributed by atoms with Gasteiger partial charge in [0.15, 0.2) is 0 Å². The number of methoxy groups -OCH3 is 1. The molecule has 162 valence electrons. The van der Waals surface area contributed by atoms with Crippen LogP contribution in [0.2, 0.25) is 0 Å². The Kier molecular flexibility index (Phi) is 6.30. The number of ether oxygens (including phenoxy) is 1. The minimum Gasteiger partial charge on any atom is -0.497 e. The van der Waals surface area contributed by atoms with Gasteiger partial charge in [0.05, 0.1) is 24.2 Å². The molecule has 6 nitrogen and oxygen atoms in total. The summed E-state index contributed by atoms with van der Waals surface area (Å²) in [4.78, 5) is 24.2. The summed E-state index contributed by atoms with van der Waals surface area (Å²) < 4.78 is 18.6. The molecule has 0 radical (unpaired) electrons. The minimum atomic E-state index is -0.255. The highest BCUT2D eigenvalue weighted by atomic mass is 19.1. The van der Waals surface area contributed by atoms with Crippen molar-refractivity contribution < 1.29 is 13.9 Å². The number of aromatic nitrogens is 2. The summed E-state index contributed by atoms with van der Waals surface area (Å²) in [5.74, 6) is 1.06. The fourth-order valence-electron chi connectivity index (χ4n) is 4.06. The van der Waals surface area contributed by atoms with Crippen LogP contribution in [0.3, 0.4) is 0 Å². The lowest BCUT2D eigenvalue weighted by atomic mass is 9.97. The number of carbonyl (C=O) groups excluding carboxylic acids is 1. The van der Waals surface area contributed by atoms with Crippen LogP contribution in [0.4, 0.5) is 10.3 Å². The summed E-state index contributed by atoms with van der Waals surface area (Å²) in [5, 5.41) is 4.00. The maximum Gasteiger partial charge on any atom is 0.226 e. The molecule has 3 aromatic rings. The van der Waals surface area contributed by atoms with Crippen LogP contribution < -0.4 is 15.0 Å². The number of hydrogen-bond acceptors (Lipinski definition) is 5. The van der Waals surface area contributed by atoms with E-state index in [1.807, 2.05) is 31.2 Å². The summed E-state index contributed by atoms with van der Waals surface area (Å²) in [6.45, 7) is 3.87. The van der Waals surface area contributed by atoms with Gasteiger partial charge in [0.2, 0.25) is 11.9 Å². The molecule has 1 fully saturated rings. The van der Waals surface area contributed by atoms with Crippen molar-refractivity contribution >= 4 is 22.8 Å². The van der Waals surface area contributed by atoms with Gasteiger partial charge in [0, 0.05) is 31.1 Å². The Bertz CT molecular complexity index is 1090. The lowest BCUT2D eigenvalue weighted by Gasteiger charge is -2.32. The molecule has 0 spiro atoms. The van der Waals surface area contributed by atoms with E-state index in [2.05, 4.69) is 10.2 Å². The van der Waals surface area contributed by atoms with E-state index in [1.54, 1.807) is 13.2 Å². The number of piperidine rings is 1. The van der Waals surface area contributed by atoms with E-state index in [1.165, 1.54) is 12.1 Å². The topological polar surface area (TPSA) is 67.3 Å². The molecule has 0 bridgehead atoms. The number of nitrogens with zero attached hydrogens (tertiary/aromatic N) is 3. The van der Waals surface area contributed by atoms with Crippen LogP contribution >= 0.6 is 0 Å². The highest BCUT2D eigenvalue weighted by Gasteiger charge is 2.27. The third kappa shape index (κ3) is 4.93. The number of amides is 1. The minimum absolute atomic E-state index is 0.0280. The van der Waals surface area contributed by atoms with Crippen LogP contribution in [0.1, 0.15) is 24.1 Å². The number of anilines is 1. The average molecular weight is 423 g/mol. The number of aryl methyl sites for hydroxylation is 1. The molecule has 4 rings (SSSR count). The fourth-order valence-corrected chi connectivity index (χ4v) is 4.06. The van der Waals surface area contributed by atoms with Crippen molar-refractivity contribution in [2.75, 3.05) is 31.6 Å². The summed E-state index contributed by atoms with van der Waals surface area (Å²) >= 11 is 0. The monoisotopic (exact) mass is 422 g/mol. The predicted molar refractivity (Wildman–Crippen MR) is 119 cm³/mol. The lowest BCUT2D eigenvalue weighted by Crippen LogP contribution is -2.44. The maximum atomic E-state index is 13.3. The van der Waals surface area contributed by atoms with Gasteiger partial charge >= 0.3 is 0 Å². The van der Waals surface area contributed by atoms with Crippen LogP contribution in [0.5, 0.6) is 5.75 Å². The van der Waals surface area contributed by atoms with Crippen molar-refractivity contribution in [1.29, 1.82) is 0 Å². The molecule has 1 aliphatic heterocycles. The molecule has 1 aliphatic rings. The molecule has 1 atom stereocenters. The Morgan fingerprint density at radius 2 is 2.13 bits per heavy atom. The first-order valence-corrected chi connectivity index (χ1v) is 10.6. The van der Waals surface area contributed by atoms with E-state index >= 15 is 0 Å². The smallest absolute Gasteiger partial charge is 0.226 e. The quantitative estimate of drug-likeness (QED) is 0.657. The first-order chi connectivity index (χ1) is 15.0. The highest BCUT2D eigenvalue weighted by Crippen LogP contribution is 2.26. The van der Waals surface area contributed by atoms with Crippen LogP contribution in [0.15, 0.2) is 42.5 Å². The van der Waals surface area contributed by atoms with E-state index in [4.69, 9.17) is 14.7 Å². The van der Waals surface area contributed by atoms with E-state index in [0.29, 0.717) is 25.5 Å². The number of hydrogen-bond donors (Lipinski definition) is 1. The van der Waals surface area contributed by atoms with E-state index in [0.717, 1.165) is 47.3 Å². The fraction of sp³-hybridized carbons (Fsp3) is 0.375. The molecule has 0 saturated carbocycles. The standard InChI is InChI=1S/C24H27FN4O2/c1-16-21-9-8-20(31-2)14-22(21)28-24(27-16)29-12-4-6-18(15-29)23(30)26-11-10-17-5-3-7-19(25)13-17/h3,5,7-9,13-14,18H,4,6,10-12,15H2,1-2H3,(H,26,30). The number of carbonyl (C=O) groups is 1. The molecule has 31 heavy (non-hydrogen) atoms. The third-order valence-corrected chi connectivity index (χ3v) is 5.76. The molecule has 1 amide bonds. The van der Waals surface area contributed by atoms with Crippen molar-refractivity contribution in [3.05, 3.63) is 59.5 Å². The summed E-state index contributed by atoms with van der Waals surface area (Å²) in [6.07, 6.45) is 2.35. The summed E-state index contributed by atoms with van der Waals surface area (Å²) in [7, 11) is 1.64. The van der Waals surface area contributed by atoms with Crippen molar-refractivity contribution in [3.63, 3.8) is 0 Å². The van der Waals surface area contributed by atoms with Gasteiger partial charge in [-0.1, -0.05) is 12.1 Å². The molecule has 1 saturated heterocycles. The molecule has 1 unspecified atom stereocenters. The molecule has 0 aliphatic carbocycles. The molecular weight excluding hydrogens is 395 g/mol. The predicted octanol–water partition coefficient (Wildman–Crippen LogP) is 3.66. The van der Waals surface area contributed by atoms with Crippen LogP contribution in [0.25, 0.3) is 10.9 Å². The Labute approximate surface area is 181 Å². The Morgan fingerprint density at radius 1 is 1.26 bits per heavy atom. The molecular formula is C24H27FN4O2. The second-order valence-electron chi connectivity index (χ2n) is 7.95. The van der Waals surface area contributed by atoms with Gasteiger partial charge in [-0.05, 0) is 56.0 Å². The zero-order valence-corrected chi connectivity index (χ0v) is 17.9. The molecule has 2 aromatic carbocycles. The Morgan fingerprint density at radius 3 is 2.94 bits per heavy atom. The van der Waals surface area contributed by atoms with Gasteiger partial charge in [-0.25, -0.2) is 14.4 Å². The SMILES string of the molecule is COc1ccc2c(C)nc(N3CCCC(C(=O)NCCc4cccc(F)c4)C3)nc2c1. The molecule has 7 heteroatoms. The zero-order chi connectivity index (χ0) is 21.8.